The fourth-order valence-electron chi connectivity index (χ4n) is 3.80. The molecular weight excluding hydrogens is 460 g/mol. The second-order valence-corrected chi connectivity index (χ2v) is 9.51. The topological polar surface area (TPSA) is 80.5 Å². The zero-order valence-corrected chi connectivity index (χ0v) is 20.1. The Kier molecular flexibility index (Phi) is 8.25. The molecule has 1 fully saturated rings. The zero-order valence-electron chi connectivity index (χ0n) is 18.5. The summed E-state index contributed by atoms with van der Waals surface area (Å²) < 4.78 is 10.6. The number of ether oxygens (including phenoxy) is 1. The first-order valence-corrected chi connectivity index (χ1v) is 12.3. The summed E-state index contributed by atoms with van der Waals surface area (Å²) in [4.78, 5) is 20.5. The maximum absolute atomic E-state index is 12.7. The molecule has 1 N–H and O–H groups in total. The molecule has 1 aromatic heterocycles. The van der Waals surface area contributed by atoms with Gasteiger partial charge in [-0.25, -0.2) is 0 Å². The molecule has 2 heterocycles. The molecule has 4 rings (SSSR count). The van der Waals surface area contributed by atoms with E-state index in [1.54, 1.807) is 18.9 Å². The lowest BCUT2D eigenvalue weighted by Crippen LogP contribution is -2.43. The van der Waals surface area contributed by atoms with Crippen LogP contribution in [0.3, 0.4) is 0 Å². The average Bonchev–Trinajstić information content (AvgIpc) is 3.31. The molecule has 0 spiro atoms. The van der Waals surface area contributed by atoms with Crippen molar-refractivity contribution in [2.75, 3.05) is 32.5 Å². The number of hydrogen-bond acceptors (Lipinski definition) is 7. The molecule has 0 aliphatic carbocycles. The number of carbonyl (C=O) groups excluding carboxylic acids is 1. The van der Waals surface area contributed by atoms with Crippen molar-refractivity contribution in [3.8, 4) is 17.1 Å². The number of likely N-dealkylation sites (tertiary alicyclic amines) is 1. The fourth-order valence-corrected chi connectivity index (χ4v) is 4.69. The van der Waals surface area contributed by atoms with Crippen molar-refractivity contribution in [3.05, 3.63) is 59.4 Å². The third-order valence-corrected chi connectivity index (χ3v) is 6.80. The van der Waals surface area contributed by atoms with Crippen LogP contribution in [0.25, 0.3) is 11.4 Å². The van der Waals surface area contributed by atoms with Gasteiger partial charge >= 0.3 is 0 Å². The Balaban J connectivity index is 1.23. The molecule has 174 valence electrons. The van der Waals surface area contributed by atoms with E-state index in [9.17, 15) is 4.79 Å². The number of carbonyl (C=O) groups is 1. The molecule has 1 amide bonds. The first-order valence-electron chi connectivity index (χ1n) is 11.0. The van der Waals surface area contributed by atoms with Crippen molar-refractivity contribution < 1.29 is 14.1 Å². The number of nitrogens with one attached hydrogen (secondary N) is 1. The van der Waals surface area contributed by atoms with E-state index in [4.69, 9.17) is 20.9 Å². The quantitative estimate of drug-likeness (QED) is 0.352. The highest BCUT2D eigenvalue weighted by atomic mass is 35.5. The number of nitrogens with zero attached hydrogens (tertiary/aromatic N) is 3. The zero-order chi connectivity index (χ0) is 23.0. The highest BCUT2D eigenvalue weighted by Gasteiger charge is 2.26. The summed E-state index contributed by atoms with van der Waals surface area (Å²) in [5, 5.41) is 7.91. The highest BCUT2D eigenvalue weighted by Crippen LogP contribution is 2.23. The fraction of sp³-hybridized carbons (Fsp3) is 0.375. The van der Waals surface area contributed by atoms with Gasteiger partial charge in [-0.05, 0) is 67.9 Å². The Hall–Kier alpha value is -2.55. The lowest BCUT2D eigenvalue weighted by Gasteiger charge is -2.30. The van der Waals surface area contributed by atoms with Crippen LogP contribution < -0.4 is 10.1 Å². The second kappa shape index (κ2) is 11.5. The molecule has 1 aliphatic rings. The third-order valence-electron chi connectivity index (χ3n) is 5.54. The number of methoxy groups -OCH3 is 1. The molecule has 0 bridgehead atoms. The summed E-state index contributed by atoms with van der Waals surface area (Å²) in [6, 6.07) is 15.3. The van der Waals surface area contributed by atoms with E-state index in [0.717, 1.165) is 46.4 Å². The van der Waals surface area contributed by atoms with E-state index in [0.29, 0.717) is 31.3 Å². The molecule has 0 radical (unpaired) electrons. The standard InChI is InChI=1S/C24H27ClN4O3S/c1-31-20-8-4-17(5-9-20)23-27-22(32-28-23)16-29-13-2-3-18(15-29)24(30)26-12-14-33-21-10-6-19(25)7-11-21/h4-11,18H,2-3,12-16H2,1H3,(H,26,30). The van der Waals surface area contributed by atoms with Gasteiger partial charge in [0.1, 0.15) is 5.75 Å². The van der Waals surface area contributed by atoms with Crippen LogP contribution in [0, 0.1) is 5.92 Å². The molecule has 9 heteroatoms. The number of amides is 1. The summed E-state index contributed by atoms with van der Waals surface area (Å²) >= 11 is 7.62. The number of thioether (sulfide) groups is 1. The maximum Gasteiger partial charge on any atom is 0.241 e. The predicted molar refractivity (Wildman–Crippen MR) is 129 cm³/mol. The van der Waals surface area contributed by atoms with Crippen LogP contribution in [-0.2, 0) is 11.3 Å². The Bertz CT molecular complexity index is 1040. The van der Waals surface area contributed by atoms with E-state index < -0.39 is 0 Å². The van der Waals surface area contributed by atoms with Crippen LogP contribution in [-0.4, -0.2) is 53.4 Å². The Morgan fingerprint density at radius 1 is 1.24 bits per heavy atom. The van der Waals surface area contributed by atoms with Crippen molar-refractivity contribution >= 4 is 29.3 Å². The molecule has 0 saturated carbocycles. The van der Waals surface area contributed by atoms with Gasteiger partial charge in [0.15, 0.2) is 0 Å². The van der Waals surface area contributed by atoms with Crippen LogP contribution in [0.5, 0.6) is 5.75 Å². The minimum absolute atomic E-state index is 0.0248. The molecule has 7 nitrogen and oxygen atoms in total. The van der Waals surface area contributed by atoms with Crippen molar-refractivity contribution in [2.24, 2.45) is 5.92 Å². The van der Waals surface area contributed by atoms with Gasteiger partial charge in [0.25, 0.3) is 0 Å². The number of aromatic nitrogens is 2. The minimum atomic E-state index is -0.0248. The highest BCUT2D eigenvalue weighted by molar-refractivity contribution is 7.99. The van der Waals surface area contributed by atoms with Crippen LogP contribution in [0.15, 0.2) is 57.9 Å². The molecule has 33 heavy (non-hydrogen) atoms. The Morgan fingerprint density at radius 2 is 2.03 bits per heavy atom. The van der Waals surface area contributed by atoms with Gasteiger partial charge < -0.3 is 14.6 Å². The monoisotopic (exact) mass is 486 g/mol. The lowest BCUT2D eigenvalue weighted by molar-refractivity contribution is -0.126. The van der Waals surface area contributed by atoms with Gasteiger partial charge in [-0.2, -0.15) is 4.98 Å². The first-order chi connectivity index (χ1) is 16.1. The van der Waals surface area contributed by atoms with Gasteiger partial charge in [-0.15, -0.1) is 11.8 Å². The summed E-state index contributed by atoms with van der Waals surface area (Å²) in [5.41, 5.74) is 0.873. The van der Waals surface area contributed by atoms with E-state index >= 15 is 0 Å². The van der Waals surface area contributed by atoms with Crippen molar-refractivity contribution in [2.45, 2.75) is 24.3 Å². The summed E-state index contributed by atoms with van der Waals surface area (Å²) in [6.45, 7) is 2.78. The molecular formula is C24H27ClN4O3S. The average molecular weight is 487 g/mol. The lowest BCUT2D eigenvalue weighted by atomic mass is 9.97. The van der Waals surface area contributed by atoms with Crippen LogP contribution in [0.1, 0.15) is 18.7 Å². The smallest absolute Gasteiger partial charge is 0.241 e. The maximum atomic E-state index is 12.7. The number of piperidine rings is 1. The predicted octanol–water partition coefficient (Wildman–Crippen LogP) is 4.52. The first kappa shape index (κ1) is 23.6. The summed E-state index contributed by atoms with van der Waals surface area (Å²) in [7, 11) is 1.63. The normalized spacial score (nSPS) is 16.5. The molecule has 2 aromatic carbocycles. The van der Waals surface area contributed by atoms with Gasteiger partial charge in [0.05, 0.1) is 19.6 Å². The SMILES string of the molecule is COc1ccc(-c2noc(CN3CCCC(C(=O)NCCSc4ccc(Cl)cc4)C3)n2)cc1. The van der Waals surface area contributed by atoms with E-state index in [2.05, 4.69) is 20.4 Å². The second-order valence-electron chi connectivity index (χ2n) is 7.91. The van der Waals surface area contributed by atoms with Gasteiger partial charge in [-0.3, -0.25) is 9.69 Å². The molecule has 1 saturated heterocycles. The van der Waals surface area contributed by atoms with Gasteiger partial charge in [0.2, 0.25) is 17.6 Å². The summed E-state index contributed by atoms with van der Waals surface area (Å²) in [6.07, 6.45) is 1.87. The number of hydrogen-bond donors (Lipinski definition) is 1. The Labute approximate surface area is 202 Å². The van der Waals surface area contributed by atoms with Crippen LogP contribution in [0.4, 0.5) is 0 Å². The molecule has 1 atom stereocenters. The third kappa shape index (κ3) is 6.72. The van der Waals surface area contributed by atoms with Crippen LogP contribution >= 0.6 is 23.4 Å². The summed E-state index contributed by atoms with van der Waals surface area (Å²) in [5.74, 6) is 2.80. The van der Waals surface area contributed by atoms with Gasteiger partial charge in [0, 0.05) is 34.3 Å². The largest absolute Gasteiger partial charge is 0.497 e. The number of halogens is 1. The molecule has 1 unspecified atom stereocenters. The number of rotatable bonds is 9. The number of benzene rings is 2. The van der Waals surface area contributed by atoms with Crippen molar-refractivity contribution in [1.29, 1.82) is 0 Å². The van der Waals surface area contributed by atoms with Crippen molar-refractivity contribution in [1.82, 2.24) is 20.4 Å². The van der Waals surface area contributed by atoms with E-state index in [1.807, 2.05) is 48.5 Å². The molecule has 1 aliphatic heterocycles. The molecule has 3 aromatic rings. The van der Waals surface area contributed by atoms with Crippen LogP contribution in [0.2, 0.25) is 5.02 Å². The van der Waals surface area contributed by atoms with E-state index in [1.165, 1.54) is 0 Å². The Morgan fingerprint density at radius 3 is 2.79 bits per heavy atom. The van der Waals surface area contributed by atoms with E-state index in [-0.39, 0.29) is 11.8 Å². The minimum Gasteiger partial charge on any atom is -0.497 e. The van der Waals surface area contributed by atoms with Crippen molar-refractivity contribution in [3.63, 3.8) is 0 Å². The van der Waals surface area contributed by atoms with Gasteiger partial charge in [-0.1, -0.05) is 16.8 Å².